The van der Waals surface area contributed by atoms with Crippen molar-refractivity contribution in [1.29, 1.82) is 0 Å². The molecule has 0 bridgehead atoms. The summed E-state index contributed by atoms with van der Waals surface area (Å²) < 4.78 is 10.7. The maximum atomic E-state index is 12.7. The van der Waals surface area contributed by atoms with Crippen molar-refractivity contribution in [3.8, 4) is 16.9 Å². The second-order valence-electron chi connectivity index (χ2n) is 6.95. The molecule has 0 aliphatic heterocycles. The highest BCUT2D eigenvalue weighted by atomic mass is 32.1. The molecule has 32 heavy (non-hydrogen) atoms. The number of benzene rings is 2. The Balaban J connectivity index is 1.80. The van der Waals surface area contributed by atoms with Gasteiger partial charge < -0.3 is 14.8 Å². The van der Waals surface area contributed by atoms with Crippen LogP contribution < -0.4 is 10.1 Å². The molecule has 2 aromatic carbocycles. The van der Waals surface area contributed by atoms with Gasteiger partial charge in [0.05, 0.1) is 13.2 Å². The molecule has 0 saturated heterocycles. The lowest BCUT2D eigenvalue weighted by Crippen LogP contribution is -2.12. The lowest BCUT2D eigenvalue weighted by atomic mass is 10.0. The van der Waals surface area contributed by atoms with Gasteiger partial charge in [0.2, 0.25) is 5.91 Å². The van der Waals surface area contributed by atoms with E-state index in [1.807, 2.05) is 60.8 Å². The third-order valence-corrected chi connectivity index (χ3v) is 5.69. The Hall–Kier alpha value is -3.38. The number of anilines is 1. The third kappa shape index (κ3) is 5.86. The van der Waals surface area contributed by atoms with E-state index in [1.54, 1.807) is 13.0 Å². The van der Waals surface area contributed by atoms with Crippen molar-refractivity contribution in [2.45, 2.75) is 27.2 Å². The zero-order valence-corrected chi connectivity index (χ0v) is 19.3. The minimum atomic E-state index is -0.450. The van der Waals surface area contributed by atoms with Gasteiger partial charge in [0, 0.05) is 17.0 Å². The summed E-state index contributed by atoms with van der Waals surface area (Å²) in [6.45, 7) is 6.65. The van der Waals surface area contributed by atoms with E-state index >= 15 is 0 Å². The summed E-state index contributed by atoms with van der Waals surface area (Å²) in [5.74, 6) is 0.0135. The Labute approximate surface area is 192 Å². The molecule has 0 atom stereocenters. The second-order valence-corrected chi connectivity index (χ2v) is 7.83. The van der Waals surface area contributed by atoms with E-state index in [4.69, 9.17) is 9.47 Å². The Morgan fingerprint density at radius 1 is 0.969 bits per heavy atom. The number of carbonyl (C=O) groups excluding carboxylic acids is 2. The maximum absolute atomic E-state index is 12.7. The molecule has 0 spiro atoms. The summed E-state index contributed by atoms with van der Waals surface area (Å²) in [6, 6.07) is 15.5. The van der Waals surface area contributed by atoms with Crippen LogP contribution in [0.25, 0.3) is 17.2 Å². The van der Waals surface area contributed by atoms with Crippen molar-refractivity contribution in [1.82, 2.24) is 0 Å². The topological polar surface area (TPSA) is 64.6 Å². The van der Waals surface area contributed by atoms with Crippen LogP contribution in [0.4, 0.5) is 5.00 Å². The van der Waals surface area contributed by atoms with E-state index in [0.29, 0.717) is 17.2 Å². The van der Waals surface area contributed by atoms with Crippen LogP contribution in [0.3, 0.4) is 0 Å². The Bertz CT molecular complexity index is 1080. The highest BCUT2D eigenvalue weighted by Gasteiger charge is 2.22. The Morgan fingerprint density at radius 2 is 1.69 bits per heavy atom. The van der Waals surface area contributed by atoms with Crippen molar-refractivity contribution >= 4 is 34.3 Å². The van der Waals surface area contributed by atoms with E-state index in [9.17, 15) is 9.59 Å². The van der Waals surface area contributed by atoms with Gasteiger partial charge >= 0.3 is 5.97 Å². The van der Waals surface area contributed by atoms with Crippen LogP contribution in [0.1, 0.15) is 42.3 Å². The first kappa shape index (κ1) is 23.3. The largest absolute Gasteiger partial charge is 0.494 e. The first-order chi connectivity index (χ1) is 15.5. The maximum Gasteiger partial charge on any atom is 0.341 e. The molecule has 166 valence electrons. The van der Waals surface area contributed by atoms with Crippen LogP contribution in [-0.2, 0) is 16.0 Å². The van der Waals surface area contributed by atoms with E-state index in [0.717, 1.165) is 28.9 Å². The quantitative estimate of drug-likeness (QED) is 0.312. The van der Waals surface area contributed by atoms with Gasteiger partial charge in [0.1, 0.15) is 16.3 Å². The van der Waals surface area contributed by atoms with Gasteiger partial charge in [0.15, 0.2) is 0 Å². The molecule has 5 nitrogen and oxygen atoms in total. The molecular weight excluding hydrogens is 422 g/mol. The van der Waals surface area contributed by atoms with Gasteiger partial charge in [0.25, 0.3) is 0 Å². The number of hydrogen-bond acceptors (Lipinski definition) is 5. The monoisotopic (exact) mass is 449 g/mol. The van der Waals surface area contributed by atoms with Crippen LogP contribution in [0.15, 0.2) is 60.0 Å². The zero-order valence-electron chi connectivity index (χ0n) is 18.5. The van der Waals surface area contributed by atoms with Crippen molar-refractivity contribution in [2.75, 3.05) is 18.5 Å². The fraction of sp³-hybridized carbons (Fsp3) is 0.231. The highest BCUT2D eigenvalue weighted by molar-refractivity contribution is 7.15. The predicted octanol–water partition coefficient (Wildman–Crippen LogP) is 6.20. The van der Waals surface area contributed by atoms with Gasteiger partial charge in [-0.25, -0.2) is 4.79 Å². The van der Waals surface area contributed by atoms with Crippen LogP contribution in [0.2, 0.25) is 0 Å². The van der Waals surface area contributed by atoms with Gasteiger partial charge in [-0.3, -0.25) is 4.79 Å². The number of hydrogen-bond donors (Lipinski definition) is 1. The average Bonchev–Trinajstić information content (AvgIpc) is 3.22. The first-order valence-corrected chi connectivity index (χ1v) is 11.5. The number of thiophene rings is 1. The number of aryl methyl sites for hydroxylation is 1. The summed E-state index contributed by atoms with van der Waals surface area (Å²) in [4.78, 5) is 25.2. The van der Waals surface area contributed by atoms with E-state index in [2.05, 4.69) is 12.2 Å². The third-order valence-electron chi connectivity index (χ3n) is 4.80. The second kappa shape index (κ2) is 11.3. The van der Waals surface area contributed by atoms with Gasteiger partial charge in [-0.2, -0.15) is 0 Å². The molecule has 0 saturated carbocycles. The standard InChI is InChI=1S/C26H27NO4S/c1-4-18-7-12-20(13-8-18)22-17-32-25(24(22)26(29)31-6-3)27-23(28)16-11-19-9-14-21(15-10-19)30-5-2/h7-17H,4-6H2,1-3H3,(H,27,28)/b16-11+. The molecule has 1 amide bonds. The average molecular weight is 450 g/mol. The molecule has 1 N–H and O–H groups in total. The minimum Gasteiger partial charge on any atom is -0.494 e. The molecule has 3 rings (SSSR count). The van der Waals surface area contributed by atoms with Gasteiger partial charge in [-0.15, -0.1) is 11.3 Å². The molecule has 0 fully saturated rings. The fourth-order valence-corrected chi connectivity index (χ4v) is 4.12. The molecule has 0 unspecified atom stereocenters. The highest BCUT2D eigenvalue weighted by Crippen LogP contribution is 2.36. The van der Waals surface area contributed by atoms with Crippen LogP contribution in [0, 0.1) is 0 Å². The summed E-state index contributed by atoms with van der Waals surface area (Å²) >= 11 is 1.31. The van der Waals surface area contributed by atoms with Crippen molar-refractivity contribution in [3.05, 3.63) is 76.7 Å². The number of nitrogens with one attached hydrogen (secondary N) is 1. The number of carbonyl (C=O) groups is 2. The van der Waals surface area contributed by atoms with Crippen LogP contribution in [-0.4, -0.2) is 25.1 Å². The molecule has 6 heteroatoms. The van der Waals surface area contributed by atoms with Gasteiger partial charge in [-0.1, -0.05) is 43.3 Å². The van der Waals surface area contributed by atoms with Crippen LogP contribution in [0.5, 0.6) is 5.75 Å². The molecule has 0 radical (unpaired) electrons. The zero-order chi connectivity index (χ0) is 22.9. The summed E-state index contributed by atoms with van der Waals surface area (Å²) in [7, 11) is 0. The smallest absolute Gasteiger partial charge is 0.341 e. The molecule has 0 aliphatic carbocycles. The minimum absolute atomic E-state index is 0.258. The molecular formula is C26H27NO4S. The summed E-state index contributed by atoms with van der Waals surface area (Å²) in [5, 5.41) is 5.18. The lowest BCUT2D eigenvalue weighted by Gasteiger charge is -2.08. The van der Waals surface area contributed by atoms with Crippen molar-refractivity contribution in [2.24, 2.45) is 0 Å². The Kier molecular flexibility index (Phi) is 8.22. The molecule has 0 aliphatic rings. The van der Waals surface area contributed by atoms with Crippen molar-refractivity contribution in [3.63, 3.8) is 0 Å². The summed E-state index contributed by atoms with van der Waals surface area (Å²) in [6.07, 6.45) is 4.10. The summed E-state index contributed by atoms with van der Waals surface area (Å²) in [5.41, 5.74) is 4.13. The fourth-order valence-electron chi connectivity index (χ4n) is 3.16. The van der Waals surface area contributed by atoms with E-state index in [1.165, 1.54) is 23.0 Å². The molecule has 1 heterocycles. The van der Waals surface area contributed by atoms with E-state index < -0.39 is 5.97 Å². The normalized spacial score (nSPS) is 10.8. The van der Waals surface area contributed by atoms with Crippen molar-refractivity contribution < 1.29 is 19.1 Å². The first-order valence-electron chi connectivity index (χ1n) is 10.7. The molecule has 1 aromatic heterocycles. The Morgan fingerprint density at radius 3 is 2.31 bits per heavy atom. The lowest BCUT2D eigenvalue weighted by molar-refractivity contribution is -0.111. The van der Waals surface area contributed by atoms with E-state index in [-0.39, 0.29) is 12.5 Å². The molecule has 3 aromatic rings. The number of ether oxygens (including phenoxy) is 2. The number of amides is 1. The number of rotatable bonds is 9. The predicted molar refractivity (Wildman–Crippen MR) is 130 cm³/mol. The number of esters is 1. The van der Waals surface area contributed by atoms with Crippen LogP contribution >= 0.6 is 11.3 Å². The van der Waals surface area contributed by atoms with Gasteiger partial charge in [-0.05, 0) is 55.2 Å². The SMILES string of the molecule is CCOC(=O)c1c(-c2ccc(CC)cc2)csc1NC(=O)/C=C/c1ccc(OCC)cc1.